The normalized spacial score (nSPS) is 19.9. The Bertz CT molecular complexity index is 237. The number of carboxylic acid groups (broad SMARTS) is 1. The molecule has 6 heteroatoms. The molecule has 1 atom stereocenters. The molecule has 0 saturated heterocycles. The average molecular weight is 256 g/mol. The fraction of sp³-hybridized carbons (Fsp3) is 0.900. The average Bonchev–Trinajstić information content (AvgIpc) is 2.61. The van der Waals surface area contributed by atoms with Crippen molar-refractivity contribution in [3.8, 4) is 0 Å². The van der Waals surface area contributed by atoms with E-state index in [1.807, 2.05) is 0 Å². The summed E-state index contributed by atoms with van der Waals surface area (Å²) in [4.78, 5) is 10.4. The third kappa shape index (κ3) is 4.23. The number of alkyl halides is 3. The van der Waals surface area contributed by atoms with Crippen molar-refractivity contribution in [2.45, 2.75) is 31.9 Å². The molecule has 2 nitrogen and oxygen atoms in total. The van der Waals surface area contributed by atoms with Gasteiger partial charge in [-0.05, 0) is 24.5 Å². The van der Waals surface area contributed by atoms with E-state index in [1.54, 1.807) is 0 Å². The minimum absolute atomic E-state index is 0.366. The van der Waals surface area contributed by atoms with Gasteiger partial charge in [-0.2, -0.15) is 24.9 Å². The second kappa shape index (κ2) is 5.80. The molecule has 0 heterocycles. The van der Waals surface area contributed by atoms with Crippen molar-refractivity contribution in [3.63, 3.8) is 0 Å². The molecule has 1 fully saturated rings. The molecule has 16 heavy (non-hydrogen) atoms. The van der Waals surface area contributed by atoms with Crippen LogP contribution in [0.3, 0.4) is 0 Å². The highest BCUT2D eigenvalue weighted by atomic mass is 32.2. The van der Waals surface area contributed by atoms with E-state index in [1.165, 1.54) is 0 Å². The van der Waals surface area contributed by atoms with Crippen molar-refractivity contribution in [1.29, 1.82) is 0 Å². The maximum absolute atomic E-state index is 12.3. The van der Waals surface area contributed by atoms with Gasteiger partial charge in [0, 0.05) is 5.75 Å². The lowest BCUT2D eigenvalue weighted by Gasteiger charge is -2.16. The Labute approximate surface area is 96.6 Å². The Hall–Kier alpha value is -0.390. The van der Waals surface area contributed by atoms with E-state index in [0.717, 1.165) is 37.4 Å². The second-order valence-electron chi connectivity index (χ2n) is 4.12. The second-order valence-corrected chi connectivity index (χ2v) is 5.20. The first kappa shape index (κ1) is 13.7. The highest BCUT2D eigenvalue weighted by Crippen LogP contribution is 2.32. The first-order valence-corrected chi connectivity index (χ1v) is 6.44. The number of carbonyl (C=O) groups is 1. The predicted molar refractivity (Wildman–Crippen MR) is 56.5 cm³/mol. The van der Waals surface area contributed by atoms with Crippen molar-refractivity contribution in [2.75, 3.05) is 11.5 Å². The third-order valence-electron chi connectivity index (χ3n) is 2.81. The molecule has 0 bridgehead atoms. The number of aliphatic carboxylic acids is 1. The Balaban J connectivity index is 2.30. The topological polar surface area (TPSA) is 37.3 Å². The number of hydrogen-bond donors (Lipinski definition) is 1. The van der Waals surface area contributed by atoms with Crippen LogP contribution < -0.4 is 0 Å². The lowest BCUT2D eigenvalue weighted by atomic mass is 10.1. The van der Waals surface area contributed by atoms with Crippen LogP contribution in [0.2, 0.25) is 0 Å². The molecule has 1 aliphatic rings. The van der Waals surface area contributed by atoms with E-state index in [-0.39, 0.29) is 5.75 Å². The molecular formula is C10H15F3O2S. The molecule has 0 amide bonds. The summed E-state index contributed by atoms with van der Waals surface area (Å²) in [7, 11) is 0. The van der Waals surface area contributed by atoms with E-state index >= 15 is 0 Å². The molecule has 1 N–H and O–H groups in total. The van der Waals surface area contributed by atoms with Gasteiger partial charge in [0.15, 0.2) is 5.92 Å². The molecule has 1 rings (SSSR count). The summed E-state index contributed by atoms with van der Waals surface area (Å²) in [5, 5.41) is 8.47. The largest absolute Gasteiger partial charge is 0.481 e. The smallest absolute Gasteiger partial charge is 0.403 e. The van der Waals surface area contributed by atoms with E-state index < -0.39 is 18.1 Å². The molecule has 0 aliphatic heterocycles. The lowest BCUT2D eigenvalue weighted by Crippen LogP contribution is -2.32. The van der Waals surface area contributed by atoms with Gasteiger partial charge in [-0.25, -0.2) is 0 Å². The highest BCUT2D eigenvalue weighted by Gasteiger charge is 2.44. The van der Waals surface area contributed by atoms with Gasteiger partial charge in [0.25, 0.3) is 0 Å². The molecular weight excluding hydrogens is 241 g/mol. The first-order chi connectivity index (χ1) is 7.41. The zero-order chi connectivity index (χ0) is 12.2. The van der Waals surface area contributed by atoms with Crippen LogP contribution in [-0.4, -0.2) is 28.8 Å². The van der Waals surface area contributed by atoms with Gasteiger partial charge in [0.1, 0.15) is 0 Å². The maximum Gasteiger partial charge on any atom is 0.403 e. The fourth-order valence-electron chi connectivity index (χ4n) is 1.84. The summed E-state index contributed by atoms with van der Waals surface area (Å²) in [6.45, 7) is 0. The first-order valence-electron chi connectivity index (χ1n) is 5.28. The van der Waals surface area contributed by atoms with Crippen LogP contribution in [-0.2, 0) is 4.79 Å². The van der Waals surface area contributed by atoms with Crippen molar-refractivity contribution < 1.29 is 23.1 Å². The number of hydrogen-bond acceptors (Lipinski definition) is 2. The van der Waals surface area contributed by atoms with Gasteiger partial charge in [0.05, 0.1) is 0 Å². The Kier molecular flexibility index (Phi) is 4.95. The van der Waals surface area contributed by atoms with E-state index in [4.69, 9.17) is 5.11 Å². The standard InChI is InChI=1S/C10H15F3O2S/c11-10(12,13)8(9(14)15)6-16-5-7-3-1-2-4-7/h7-8H,1-6H2,(H,14,15). The maximum atomic E-state index is 12.3. The molecule has 1 saturated carbocycles. The van der Waals surface area contributed by atoms with Gasteiger partial charge < -0.3 is 5.11 Å². The third-order valence-corrected chi connectivity index (χ3v) is 4.08. The monoisotopic (exact) mass is 256 g/mol. The van der Waals surface area contributed by atoms with Crippen molar-refractivity contribution in [3.05, 3.63) is 0 Å². The number of rotatable bonds is 5. The fourth-order valence-corrected chi connectivity index (χ4v) is 3.21. The van der Waals surface area contributed by atoms with Gasteiger partial charge in [0.2, 0.25) is 0 Å². The summed E-state index contributed by atoms with van der Waals surface area (Å²) >= 11 is 1.11. The summed E-state index contributed by atoms with van der Waals surface area (Å²) in [6.07, 6.45) is -0.207. The van der Waals surface area contributed by atoms with Crippen molar-refractivity contribution in [1.82, 2.24) is 0 Å². The van der Waals surface area contributed by atoms with Crippen LogP contribution >= 0.6 is 11.8 Å². The van der Waals surface area contributed by atoms with E-state index in [0.29, 0.717) is 11.7 Å². The van der Waals surface area contributed by atoms with Gasteiger partial charge in [-0.15, -0.1) is 0 Å². The molecule has 0 aromatic rings. The van der Waals surface area contributed by atoms with Gasteiger partial charge in [-0.3, -0.25) is 4.79 Å². The van der Waals surface area contributed by atoms with Crippen LogP contribution in [0.5, 0.6) is 0 Å². The molecule has 0 spiro atoms. The minimum atomic E-state index is -4.63. The quantitative estimate of drug-likeness (QED) is 0.821. The highest BCUT2D eigenvalue weighted by molar-refractivity contribution is 7.99. The Morgan fingerprint density at radius 3 is 2.38 bits per heavy atom. The Morgan fingerprint density at radius 2 is 1.94 bits per heavy atom. The molecule has 0 radical (unpaired) electrons. The molecule has 94 valence electrons. The SMILES string of the molecule is O=C(O)C(CSCC1CCCC1)C(F)(F)F. The summed E-state index contributed by atoms with van der Waals surface area (Å²) in [6, 6.07) is 0. The van der Waals surface area contributed by atoms with Gasteiger partial charge in [-0.1, -0.05) is 12.8 Å². The van der Waals surface area contributed by atoms with E-state index in [2.05, 4.69) is 0 Å². The summed E-state index contributed by atoms with van der Waals surface area (Å²) in [5.74, 6) is -3.23. The van der Waals surface area contributed by atoms with Crippen LogP contribution in [0.4, 0.5) is 13.2 Å². The molecule has 1 unspecified atom stereocenters. The van der Waals surface area contributed by atoms with Crippen molar-refractivity contribution >= 4 is 17.7 Å². The molecule has 1 aliphatic carbocycles. The van der Waals surface area contributed by atoms with Crippen LogP contribution in [0.1, 0.15) is 25.7 Å². The number of carboxylic acids is 1. The molecule has 0 aromatic carbocycles. The van der Waals surface area contributed by atoms with Crippen LogP contribution in [0, 0.1) is 11.8 Å². The predicted octanol–water partition coefficient (Wildman–Crippen LogP) is 3.17. The molecule has 0 aromatic heterocycles. The summed E-state index contributed by atoms with van der Waals surface area (Å²) in [5.41, 5.74) is 0. The number of thioether (sulfide) groups is 1. The summed E-state index contributed by atoms with van der Waals surface area (Å²) < 4.78 is 36.8. The van der Waals surface area contributed by atoms with Crippen molar-refractivity contribution in [2.24, 2.45) is 11.8 Å². The Morgan fingerprint density at radius 1 is 1.38 bits per heavy atom. The lowest BCUT2D eigenvalue weighted by molar-refractivity contribution is -0.188. The number of halogens is 3. The minimum Gasteiger partial charge on any atom is -0.481 e. The zero-order valence-electron chi connectivity index (χ0n) is 8.79. The van der Waals surface area contributed by atoms with Gasteiger partial charge >= 0.3 is 12.1 Å². The van der Waals surface area contributed by atoms with Crippen LogP contribution in [0.25, 0.3) is 0 Å². The zero-order valence-corrected chi connectivity index (χ0v) is 9.61. The van der Waals surface area contributed by atoms with E-state index in [9.17, 15) is 18.0 Å². The van der Waals surface area contributed by atoms with Crippen LogP contribution in [0.15, 0.2) is 0 Å².